The number of hydrogen-bond donors (Lipinski definition) is 1. The minimum atomic E-state index is 0.682. The number of nitrogens with zero attached hydrogens (tertiary/aromatic N) is 4. The predicted molar refractivity (Wildman–Crippen MR) is 105 cm³/mol. The van der Waals surface area contributed by atoms with Crippen molar-refractivity contribution in [2.24, 2.45) is 5.92 Å². The Labute approximate surface area is 155 Å². The van der Waals surface area contributed by atoms with E-state index < -0.39 is 0 Å². The second kappa shape index (κ2) is 6.63. The van der Waals surface area contributed by atoms with Gasteiger partial charge in [-0.3, -0.25) is 4.68 Å². The van der Waals surface area contributed by atoms with Gasteiger partial charge in [-0.1, -0.05) is 18.2 Å². The maximum Gasteiger partial charge on any atom is 0.127 e. The summed E-state index contributed by atoms with van der Waals surface area (Å²) in [5, 5.41) is 11.4. The van der Waals surface area contributed by atoms with Crippen LogP contribution in [-0.2, 0) is 6.54 Å². The molecule has 1 aromatic carbocycles. The molecule has 1 unspecified atom stereocenters. The molecule has 1 saturated heterocycles. The number of hydrogen-bond acceptors (Lipinski definition) is 5. The average Bonchev–Trinajstić information content (AvgIpc) is 3.43. The quantitative estimate of drug-likeness (QED) is 0.600. The van der Waals surface area contributed by atoms with Crippen LogP contribution in [0.4, 0.5) is 0 Å². The summed E-state index contributed by atoms with van der Waals surface area (Å²) in [6, 6.07) is 12.6. The smallest absolute Gasteiger partial charge is 0.127 e. The van der Waals surface area contributed by atoms with Gasteiger partial charge in [0.1, 0.15) is 11.2 Å². The first kappa shape index (κ1) is 15.7. The summed E-state index contributed by atoms with van der Waals surface area (Å²) in [5.41, 5.74) is 4.21. The molecule has 1 aliphatic heterocycles. The van der Waals surface area contributed by atoms with Crippen LogP contribution in [0.25, 0.3) is 32.7 Å². The number of nitrogens with one attached hydrogen (secondary N) is 1. The Morgan fingerprint density at radius 3 is 3.04 bits per heavy atom. The van der Waals surface area contributed by atoms with E-state index in [0.29, 0.717) is 5.92 Å². The molecule has 0 bridgehead atoms. The summed E-state index contributed by atoms with van der Waals surface area (Å²) in [7, 11) is 0. The highest BCUT2D eigenvalue weighted by Gasteiger charge is 2.16. The molecule has 0 radical (unpaired) electrons. The molecule has 0 spiro atoms. The van der Waals surface area contributed by atoms with Gasteiger partial charge in [-0.25, -0.2) is 9.97 Å². The van der Waals surface area contributed by atoms with E-state index in [1.807, 2.05) is 0 Å². The van der Waals surface area contributed by atoms with Gasteiger partial charge in [0.15, 0.2) is 0 Å². The van der Waals surface area contributed by atoms with E-state index >= 15 is 0 Å². The Balaban J connectivity index is 1.47. The maximum absolute atomic E-state index is 4.79. The lowest BCUT2D eigenvalue weighted by atomic mass is 10.0. The van der Waals surface area contributed by atoms with Gasteiger partial charge in [-0.2, -0.15) is 5.10 Å². The van der Waals surface area contributed by atoms with Crippen LogP contribution in [0.3, 0.4) is 0 Å². The number of benzene rings is 1. The molecule has 130 valence electrons. The van der Waals surface area contributed by atoms with Gasteiger partial charge < -0.3 is 5.32 Å². The fourth-order valence-corrected chi connectivity index (χ4v) is 4.33. The van der Waals surface area contributed by atoms with Crippen molar-refractivity contribution in [3.8, 4) is 22.5 Å². The van der Waals surface area contributed by atoms with Crippen LogP contribution >= 0.6 is 11.3 Å². The number of aromatic nitrogens is 4. The highest BCUT2D eigenvalue weighted by atomic mass is 32.1. The van der Waals surface area contributed by atoms with E-state index in [4.69, 9.17) is 5.10 Å². The third-order valence-corrected chi connectivity index (χ3v) is 5.76. The van der Waals surface area contributed by atoms with Gasteiger partial charge in [-0.15, -0.1) is 11.3 Å². The second-order valence-corrected chi connectivity index (χ2v) is 7.62. The standard InChI is InChI=1S/C20H19N5S/c1-2-15(18-5-8-25(24-18)12-14-4-7-21-11-14)10-16(3-1)19-17-6-9-26-20(17)23-13-22-19/h1-3,5-6,8-10,13-14,21H,4,7,11-12H2. The van der Waals surface area contributed by atoms with Crippen molar-refractivity contribution < 1.29 is 0 Å². The molecule has 1 atom stereocenters. The third-order valence-electron chi connectivity index (χ3n) is 4.94. The van der Waals surface area contributed by atoms with E-state index in [9.17, 15) is 0 Å². The molecule has 4 heterocycles. The SMILES string of the molecule is c1cc(-c2ccn(CC3CCNC3)n2)cc(-c2ncnc3sccc23)c1. The minimum absolute atomic E-state index is 0.682. The van der Waals surface area contributed by atoms with Crippen molar-refractivity contribution in [2.45, 2.75) is 13.0 Å². The minimum Gasteiger partial charge on any atom is -0.316 e. The second-order valence-electron chi connectivity index (χ2n) is 6.72. The Bertz CT molecular complexity index is 1040. The van der Waals surface area contributed by atoms with Crippen molar-refractivity contribution >= 4 is 21.6 Å². The first-order valence-corrected chi connectivity index (χ1v) is 9.78. The highest BCUT2D eigenvalue weighted by molar-refractivity contribution is 7.16. The van der Waals surface area contributed by atoms with E-state index in [1.165, 1.54) is 6.42 Å². The van der Waals surface area contributed by atoms with Crippen LogP contribution < -0.4 is 5.32 Å². The van der Waals surface area contributed by atoms with Crippen LogP contribution in [0.5, 0.6) is 0 Å². The Morgan fingerprint density at radius 2 is 2.12 bits per heavy atom. The summed E-state index contributed by atoms with van der Waals surface area (Å²) in [6.07, 6.45) is 4.96. The molecule has 3 aromatic heterocycles. The van der Waals surface area contributed by atoms with Crippen molar-refractivity contribution in [1.29, 1.82) is 0 Å². The number of fused-ring (bicyclic) bond motifs is 1. The van der Waals surface area contributed by atoms with Crippen LogP contribution in [0, 0.1) is 5.92 Å². The molecular formula is C20H19N5S. The Morgan fingerprint density at radius 1 is 1.15 bits per heavy atom. The monoisotopic (exact) mass is 361 g/mol. The largest absolute Gasteiger partial charge is 0.316 e. The fourth-order valence-electron chi connectivity index (χ4n) is 3.60. The van der Waals surface area contributed by atoms with Crippen LogP contribution in [-0.4, -0.2) is 32.8 Å². The van der Waals surface area contributed by atoms with Crippen molar-refractivity contribution in [1.82, 2.24) is 25.1 Å². The van der Waals surface area contributed by atoms with Crippen LogP contribution in [0.15, 0.2) is 54.3 Å². The number of thiophene rings is 1. The fraction of sp³-hybridized carbons (Fsp3) is 0.250. The first-order chi connectivity index (χ1) is 12.9. The summed E-state index contributed by atoms with van der Waals surface area (Å²) in [5.74, 6) is 0.682. The number of rotatable bonds is 4. The molecule has 5 rings (SSSR count). The lowest BCUT2D eigenvalue weighted by molar-refractivity contribution is 0.450. The zero-order chi connectivity index (χ0) is 17.3. The van der Waals surface area contributed by atoms with Gasteiger partial charge >= 0.3 is 0 Å². The van der Waals surface area contributed by atoms with Gasteiger partial charge in [0.2, 0.25) is 0 Å². The van der Waals surface area contributed by atoms with Crippen LogP contribution in [0.1, 0.15) is 6.42 Å². The van der Waals surface area contributed by atoms with Gasteiger partial charge in [0.05, 0.1) is 11.4 Å². The molecule has 26 heavy (non-hydrogen) atoms. The average molecular weight is 361 g/mol. The lowest BCUT2D eigenvalue weighted by Gasteiger charge is -2.08. The molecular weight excluding hydrogens is 342 g/mol. The molecule has 0 aliphatic carbocycles. The Kier molecular flexibility index (Phi) is 3.99. The van der Waals surface area contributed by atoms with Crippen molar-refractivity contribution in [3.05, 3.63) is 54.3 Å². The normalized spacial score (nSPS) is 17.2. The van der Waals surface area contributed by atoms with Crippen molar-refractivity contribution in [3.63, 3.8) is 0 Å². The van der Waals surface area contributed by atoms with E-state index in [0.717, 1.165) is 52.4 Å². The van der Waals surface area contributed by atoms with E-state index in [2.05, 4.69) is 67.9 Å². The molecule has 5 nitrogen and oxygen atoms in total. The molecule has 0 saturated carbocycles. The van der Waals surface area contributed by atoms with E-state index in [1.54, 1.807) is 17.7 Å². The predicted octanol–water partition coefficient (Wildman–Crippen LogP) is 3.83. The molecule has 1 N–H and O–H groups in total. The molecule has 4 aromatic rings. The van der Waals surface area contributed by atoms with Gasteiger partial charge in [0.25, 0.3) is 0 Å². The van der Waals surface area contributed by atoms with Gasteiger partial charge in [0, 0.05) is 29.3 Å². The molecule has 0 amide bonds. The summed E-state index contributed by atoms with van der Waals surface area (Å²) in [6.45, 7) is 3.19. The van der Waals surface area contributed by atoms with Crippen LogP contribution in [0.2, 0.25) is 0 Å². The Hall–Kier alpha value is -2.57. The summed E-state index contributed by atoms with van der Waals surface area (Å²) in [4.78, 5) is 9.89. The van der Waals surface area contributed by atoms with Crippen molar-refractivity contribution in [2.75, 3.05) is 13.1 Å². The zero-order valence-electron chi connectivity index (χ0n) is 14.3. The zero-order valence-corrected chi connectivity index (χ0v) is 15.1. The molecule has 1 aliphatic rings. The highest BCUT2D eigenvalue weighted by Crippen LogP contribution is 2.30. The molecule has 1 fully saturated rings. The van der Waals surface area contributed by atoms with Gasteiger partial charge in [-0.05, 0) is 49.0 Å². The third kappa shape index (κ3) is 2.91. The topological polar surface area (TPSA) is 55.6 Å². The lowest BCUT2D eigenvalue weighted by Crippen LogP contribution is -2.14. The molecule has 6 heteroatoms. The van der Waals surface area contributed by atoms with E-state index in [-0.39, 0.29) is 0 Å². The maximum atomic E-state index is 4.79. The summed E-state index contributed by atoms with van der Waals surface area (Å²) >= 11 is 1.64. The summed E-state index contributed by atoms with van der Waals surface area (Å²) < 4.78 is 2.07. The first-order valence-electron chi connectivity index (χ1n) is 8.90.